The third-order valence-electron chi connectivity index (χ3n) is 2.27. The number of unbranched alkanes of at least 4 members (excludes halogenated alkanes) is 1. The first-order valence-corrected chi connectivity index (χ1v) is 6.98. The second-order valence-corrected chi connectivity index (χ2v) is 4.79. The van der Waals surface area contributed by atoms with E-state index < -0.39 is 10.4 Å². The van der Waals surface area contributed by atoms with Crippen LogP contribution in [0.1, 0.15) is 26.7 Å². The van der Waals surface area contributed by atoms with Crippen LogP contribution in [0.4, 0.5) is 0 Å². The Morgan fingerprint density at radius 1 is 1.29 bits per heavy atom. The van der Waals surface area contributed by atoms with Gasteiger partial charge in [0.2, 0.25) is 0 Å². The fourth-order valence-electron chi connectivity index (χ4n) is 1.23. The molecule has 0 amide bonds. The van der Waals surface area contributed by atoms with Gasteiger partial charge in [0.05, 0.1) is 13.8 Å². The van der Waals surface area contributed by atoms with Crippen LogP contribution in [0.25, 0.3) is 0 Å². The van der Waals surface area contributed by atoms with Gasteiger partial charge in [-0.2, -0.15) is 8.42 Å². The molecule has 0 atom stereocenters. The van der Waals surface area contributed by atoms with Crippen molar-refractivity contribution in [2.75, 3.05) is 26.9 Å². The van der Waals surface area contributed by atoms with Crippen molar-refractivity contribution in [1.82, 2.24) is 9.80 Å². The van der Waals surface area contributed by atoms with E-state index in [0.717, 1.165) is 20.3 Å². The minimum absolute atomic E-state index is 0.870. The van der Waals surface area contributed by atoms with E-state index in [0.29, 0.717) is 0 Å². The Kier molecular flexibility index (Phi) is 7.94. The predicted molar refractivity (Wildman–Crippen MR) is 66.6 cm³/mol. The van der Waals surface area contributed by atoms with Crippen molar-refractivity contribution >= 4 is 10.4 Å². The van der Waals surface area contributed by atoms with Gasteiger partial charge in [-0.1, -0.05) is 13.3 Å². The second kappa shape index (κ2) is 8.32. The maximum atomic E-state index is 9.33. The highest BCUT2D eigenvalue weighted by Gasteiger charge is 2.08. The lowest BCUT2D eigenvalue weighted by Gasteiger charge is -2.19. The molecule has 0 fully saturated rings. The zero-order valence-electron chi connectivity index (χ0n) is 10.7. The molecule has 7 heteroatoms. The van der Waals surface area contributed by atoms with E-state index in [9.17, 15) is 8.42 Å². The Hall–Kier alpha value is -0.790. The molecule has 1 aliphatic heterocycles. The average molecular weight is 266 g/mol. The van der Waals surface area contributed by atoms with Crippen molar-refractivity contribution in [1.29, 1.82) is 0 Å². The normalized spacial score (nSPS) is 14.8. The van der Waals surface area contributed by atoms with Crippen molar-refractivity contribution in [3.8, 4) is 0 Å². The molecule has 0 unspecified atom stereocenters. The first-order valence-electron chi connectivity index (χ1n) is 5.62. The summed E-state index contributed by atoms with van der Waals surface area (Å²) in [5, 5.41) is 0. The van der Waals surface area contributed by atoms with Crippen LogP contribution in [0.5, 0.6) is 0 Å². The third-order valence-corrected chi connectivity index (χ3v) is 2.69. The molecule has 0 saturated carbocycles. The Morgan fingerprint density at radius 2 is 1.82 bits per heavy atom. The second-order valence-electron chi connectivity index (χ2n) is 3.60. The summed E-state index contributed by atoms with van der Waals surface area (Å²) in [6.45, 7) is 7.85. The SMILES string of the molecule is CCCCN1C=CN(CC)C1.COS(=O)(=O)O. The highest BCUT2D eigenvalue weighted by Crippen LogP contribution is 2.06. The number of nitrogens with zero attached hydrogens (tertiary/aromatic N) is 2. The van der Waals surface area contributed by atoms with Crippen LogP contribution in [0, 0.1) is 0 Å². The van der Waals surface area contributed by atoms with Crippen molar-refractivity contribution in [2.45, 2.75) is 26.7 Å². The molecular weight excluding hydrogens is 244 g/mol. The molecule has 1 N–H and O–H groups in total. The van der Waals surface area contributed by atoms with Crippen LogP contribution in [-0.4, -0.2) is 49.6 Å². The van der Waals surface area contributed by atoms with Crippen LogP contribution in [-0.2, 0) is 14.6 Å². The Morgan fingerprint density at radius 3 is 2.18 bits per heavy atom. The smallest absolute Gasteiger partial charge is 0.359 e. The molecule has 0 aromatic rings. The van der Waals surface area contributed by atoms with Gasteiger partial charge < -0.3 is 9.80 Å². The first kappa shape index (κ1) is 16.2. The minimum atomic E-state index is -4.16. The van der Waals surface area contributed by atoms with Crippen molar-refractivity contribution in [3.63, 3.8) is 0 Å². The van der Waals surface area contributed by atoms with E-state index in [1.54, 1.807) is 0 Å². The zero-order valence-corrected chi connectivity index (χ0v) is 11.5. The van der Waals surface area contributed by atoms with Gasteiger partial charge >= 0.3 is 10.4 Å². The summed E-state index contributed by atoms with van der Waals surface area (Å²) in [5.41, 5.74) is 0. The topological polar surface area (TPSA) is 70.1 Å². The molecule has 0 aliphatic carbocycles. The largest absolute Gasteiger partial charge is 0.397 e. The first-order chi connectivity index (χ1) is 7.92. The third kappa shape index (κ3) is 8.96. The number of rotatable bonds is 5. The minimum Gasteiger partial charge on any atom is -0.359 e. The van der Waals surface area contributed by atoms with E-state index in [1.807, 2.05) is 0 Å². The van der Waals surface area contributed by atoms with Crippen LogP contribution in [0.2, 0.25) is 0 Å². The van der Waals surface area contributed by atoms with Crippen molar-refractivity contribution in [3.05, 3.63) is 12.4 Å². The molecule has 0 saturated heterocycles. The van der Waals surface area contributed by atoms with Crippen LogP contribution in [0.15, 0.2) is 12.4 Å². The quantitative estimate of drug-likeness (QED) is 0.756. The standard InChI is InChI=1S/C9H18N2.CH4O4S/c1-3-5-6-11-8-7-10(4-2)9-11;1-5-6(2,3)4/h7-8H,3-6,9H2,1-2H3;1H3,(H,2,3,4). The summed E-state index contributed by atoms with van der Waals surface area (Å²) in [5.74, 6) is 0. The van der Waals surface area contributed by atoms with Gasteiger partial charge in [0.25, 0.3) is 0 Å². The van der Waals surface area contributed by atoms with Crippen molar-refractivity contribution < 1.29 is 17.2 Å². The lowest BCUT2D eigenvalue weighted by atomic mass is 10.3. The summed E-state index contributed by atoms with van der Waals surface area (Å²) in [4.78, 5) is 4.68. The van der Waals surface area contributed by atoms with Crippen LogP contribution in [0.3, 0.4) is 0 Å². The zero-order chi connectivity index (χ0) is 13.3. The molecule has 1 heterocycles. The van der Waals surface area contributed by atoms with Gasteiger partial charge in [0.1, 0.15) is 0 Å². The Labute approximate surface area is 104 Å². The molecule has 1 rings (SSSR count). The highest BCUT2D eigenvalue weighted by molar-refractivity contribution is 7.80. The lowest BCUT2D eigenvalue weighted by Crippen LogP contribution is -2.25. The predicted octanol–water partition coefficient (Wildman–Crippen LogP) is 1.29. The van der Waals surface area contributed by atoms with Crippen molar-refractivity contribution in [2.24, 2.45) is 0 Å². The summed E-state index contributed by atoms with van der Waals surface area (Å²) in [7, 11) is -3.29. The van der Waals surface area contributed by atoms with Crippen LogP contribution < -0.4 is 0 Å². The summed E-state index contributed by atoms with van der Waals surface area (Å²) >= 11 is 0. The monoisotopic (exact) mass is 266 g/mol. The van der Waals surface area contributed by atoms with Gasteiger partial charge in [-0.3, -0.25) is 8.74 Å². The van der Waals surface area contributed by atoms with E-state index >= 15 is 0 Å². The maximum Gasteiger partial charge on any atom is 0.397 e. The summed E-state index contributed by atoms with van der Waals surface area (Å²) in [6.07, 6.45) is 6.97. The van der Waals surface area contributed by atoms with Gasteiger partial charge in [0, 0.05) is 25.5 Å². The molecule has 0 spiro atoms. The van der Waals surface area contributed by atoms with Gasteiger partial charge in [-0.25, -0.2) is 0 Å². The molecule has 0 bridgehead atoms. The van der Waals surface area contributed by atoms with E-state index in [1.165, 1.54) is 19.4 Å². The lowest BCUT2D eigenvalue weighted by molar-refractivity contribution is 0.270. The molecule has 0 aromatic heterocycles. The summed E-state index contributed by atoms with van der Waals surface area (Å²) < 4.78 is 29.7. The fourth-order valence-corrected chi connectivity index (χ4v) is 1.23. The molecule has 0 aromatic carbocycles. The van der Waals surface area contributed by atoms with E-state index in [4.69, 9.17) is 4.55 Å². The molecule has 1 aliphatic rings. The fraction of sp³-hybridized carbons (Fsp3) is 0.800. The van der Waals surface area contributed by atoms with E-state index in [2.05, 4.69) is 40.2 Å². The van der Waals surface area contributed by atoms with Crippen LogP contribution >= 0.6 is 0 Å². The molecule has 102 valence electrons. The van der Waals surface area contributed by atoms with E-state index in [-0.39, 0.29) is 0 Å². The highest BCUT2D eigenvalue weighted by atomic mass is 32.3. The Balaban J connectivity index is 0.000000366. The molecule has 0 radical (unpaired) electrons. The molecular formula is C10H22N2O4S. The van der Waals surface area contributed by atoms with Gasteiger partial charge in [-0.15, -0.1) is 0 Å². The maximum absolute atomic E-state index is 9.33. The average Bonchev–Trinajstić information content (AvgIpc) is 2.74. The molecule has 17 heavy (non-hydrogen) atoms. The van der Waals surface area contributed by atoms with Gasteiger partial charge in [0.15, 0.2) is 0 Å². The summed E-state index contributed by atoms with van der Waals surface area (Å²) in [6, 6.07) is 0. The van der Waals surface area contributed by atoms with Gasteiger partial charge in [-0.05, 0) is 13.3 Å². The number of hydrogen-bond acceptors (Lipinski definition) is 5. The number of hydrogen-bond donors (Lipinski definition) is 1. The Bertz CT molecular complexity index is 316. The molecule has 6 nitrogen and oxygen atoms in total.